The number of amides is 1. The van der Waals surface area contributed by atoms with Crippen LogP contribution < -0.4 is 11.1 Å². The molecule has 0 aliphatic carbocycles. The largest absolute Gasteiger partial charge is 0.389 e. The third-order valence-corrected chi connectivity index (χ3v) is 2.85. The molecule has 0 aliphatic heterocycles. The highest BCUT2D eigenvalue weighted by Gasteiger charge is 2.18. The molecule has 0 spiro atoms. The number of hydrogen-bond donors (Lipinski definition) is 2. The lowest BCUT2D eigenvalue weighted by Crippen LogP contribution is -2.19. The molecule has 0 radical (unpaired) electrons. The Bertz CT molecular complexity index is 668. The van der Waals surface area contributed by atoms with Crippen molar-refractivity contribution in [2.75, 3.05) is 5.32 Å². The summed E-state index contributed by atoms with van der Waals surface area (Å²) in [7, 11) is 0. The number of carbonyl (C=O) groups excluding carboxylic acids is 1. The van der Waals surface area contributed by atoms with E-state index in [-0.39, 0.29) is 4.99 Å². The molecule has 0 aliphatic rings. The van der Waals surface area contributed by atoms with Crippen LogP contribution in [0.3, 0.4) is 0 Å². The third-order valence-electron chi connectivity index (χ3n) is 2.63. The number of nitrogens with two attached hydrogens (primary N) is 1. The molecule has 2 aromatic rings. The van der Waals surface area contributed by atoms with Gasteiger partial charge in [-0.25, -0.2) is 8.78 Å². The molecular formula is C14H10F2N2OS. The van der Waals surface area contributed by atoms with Gasteiger partial charge < -0.3 is 11.1 Å². The molecule has 0 bridgehead atoms. The van der Waals surface area contributed by atoms with Gasteiger partial charge in [-0.1, -0.05) is 30.4 Å². The van der Waals surface area contributed by atoms with Gasteiger partial charge in [0.25, 0.3) is 5.91 Å². The van der Waals surface area contributed by atoms with Crippen LogP contribution in [0.5, 0.6) is 0 Å². The minimum Gasteiger partial charge on any atom is -0.389 e. The molecule has 6 heteroatoms. The zero-order chi connectivity index (χ0) is 14.7. The van der Waals surface area contributed by atoms with E-state index in [1.165, 1.54) is 6.07 Å². The molecule has 3 N–H and O–H groups in total. The maximum atomic E-state index is 13.5. The van der Waals surface area contributed by atoms with Crippen LogP contribution in [0.4, 0.5) is 14.5 Å². The van der Waals surface area contributed by atoms with Crippen LogP contribution in [0.1, 0.15) is 15.9 Å². The van der Waals surface area contributed by atoms with E-state index in [1.807, 2.05) is 0 Å². The molecule has 2 rings (SSSR count). The van der Waals surface area contributed by atoms with Crippen molar-refractivity contribution in [3.8, 4) is 0 Å². The molecule has 0 fully saturated rings. The molecule has 3 nitrogen and oxygen atoms in total. The maximum absolute atomic E-state index is 13.5. The highest BCUT2D eigenvalue weighted by Crippen LogP contribution is 2.18. The monoisotopic (exact) mass is 292 g/mol. The van der Waals surface area contributed by atoms with E-state index in [1.54, 1.807) is 24.3 Å². The molecule has 0 aromatic heterocycles. The average Bonchev–Trinajstić information content (AvgIpc) is 2.38. The molecule has 1 amide bonds. The van der Waals surface area contributed by atoms with Crippen LogP contribution in [-0.4, -0.2) is 10.9 Å². The fourth-order valence-corrected chi connectivity index (χ4v) is 1.88. The summed E-state index contributed by atoms with van der Waals surface area (Å²) in [5.41, 5.74) is 5.60. The summed E-state index contributed by atoms with van der Waals surface area (Å²) in [5, 5.41) is 2.40. The smallest absolute Gasteiger partial charge is 0.261 e. The first-order valence-electron chi connectivity index (χ1n) is 5.65. The van der Waals surface area contributed by atoms with E-state index in [9.17, 15) is 13.6 Å². The van der Waals surface area contributed by atoms with Crippen LogP contribution in [0.2, 0.25) is 0 Å². The van der Waals surface area contributed by atoms with Crippen molar-refractivity contribution in [3.63, 3.8) is 0 Å². The van der Waals surface area contributed by atoms with Crippen LogP contribution in [0.15, 0.2) is 42.5 Å². The first-order chi connectivity index (χ1) is 9.50. The number of carbonyl (C=O) groups is 1. The summed E-state index contributed by atoms with van der Waals surface area (Å²) in [5.74, 6) is -2.77. The Balaban J connectivity index is 2.36. The number of para-hydroxylation sites is 1. The normalized spacial score (nSPS) is 10.1. The molecule has 2 aromatic carbocycles. The predicted octanol–water partition coefficient (Wildman–Crippen LogP) is 2.85. The molecule has 0 unspecified atom stereocenters. The lowest BCUT2D eigenvalue weighted by atomic mass is 10.1. The van der Waals surface area contributed by atoms with E-state index in [4.69, 9.17) is 18.0 Å². The quantitative estimate of drug-likeness (QED) is 0.855. The second-order valence-electron chi connectivity index (χ2n) is 3.96. The molecule has 102 valence electrons. The number of halogens is 2. The topological polar surface area (TPSA) is 55.1 Å². The minimum absolute atomic E-state index is 0.0786. The Morgan fingerprint density at radius 3 is 2.25 bits per heavy atom. The number of nitrogens with one attached hydrogen (secondary N) is 1. The summed E-state index contributed by atoms with van der Waals surface area (Å²) in [6, 6.07) is 9.70. The zero-order valence-electron chi connectivity index (χ0n) is 10.2. The zero-order valence-corrected chi connectivity index (χ0v) is 11.0. The Labute approximate surface area is 119 Å². The molecule has 0 saturated heterocycles. The molecule has 20 heavy (non-hydrogen) atoms. The summed E-state index contributed by atoms with van der Waals surface area (Å²) in [6.07, 6.45) is 0. The van der Waals surface area contributed by atoms with Gasteiger partial charge in [-0.15, -0.1) is 0 Å². The number of anilines is 1. The van der Waals surface area contributed by atoms with Gasteiger partial charge in [0.05, 0.1) is 5.69 Å². The van der Waals surface area contributed by atoms with Gasteiger partial charge in [0.1, 0.15) is 22.2 Å². The van der Waals surface area contributed by atoms with Gasteiger partial charge in [0, 0.05) is 5.56 Å². The van der Waals surface area contributed by atoms with Crippen molar-refractivity contribution >= 4 is 28.8 Å². The number of thiocarbonyl (C=S) groups is 1. The number of rotatable bonds is 3. The molecule has 0 heterocycles. The van der Waals surface area contributed by atoms with Gasteiger partial charge in [0.15, 0.2) is 0 Å². The van der Waals surface area contributed by atoms with Gasteiger partial charge in [0.2, 0.25) is 0 Å². The summed E-state index contributed by atoms with van der Waals surface area (Å²) in [6.45, 7) is 0. The Morgan fingerprint density at radius 1 is 1.05 bits per heavy atom. The minimum atomic E-state index is -0.935. The van der Waals surface area contributed by atoms with E-state index in [0.717, 1.165) is 12.1 Å². The second-order valence-corrected chi connectivity index (χ2v) is 4.40. The lowest BCUT2D eigenvalue weighted by molar-refractivity contribution is 0.101. The molecule has 0 atom stereocenters. The van der Waals surface area contributed by atoms with Crippen molar-refractivity contribution in [2.24, 2.45) is 5.73 Å². The summed E-state index contributed by atoms with van der Waals surface area (Å²) >= 11 is 4.85. The van der Waals surface area contributed by atoms with Crippen molar-refractivity contribution in [1.29, 1.82) is 0 Å². The standard InChI is InChI=1S/C14H10F2N2OS/c15-9-5-3-6-10(16)12(9)14(19)18-11-7-2-1-4-8(11)13(17)20/h1-7H,(H2,17,20)(H,18,19). The van der Waals surface area contributed by atoms with Crippen LogP contribution in [-0.2, 0) is 0 Å². The summed E-state index contributed by atoms with van der Waals surface area (Å²) < 4.78 is 27.0. The fourth-order valence-electron chi connectivity index (χ4n) is 1.71. The fraction of sp³-hybridized carbons (Fsp3) is 0. The highest BCUT2D eigenvalue weighted by atomic mass is 32.1. The molecule has 0 saturated carbocycles. The summed E-state index contributed by atoms with van der Waals surface area (Å²) in [4.78, 5) is 12.0. The second kappa shape index (κ2) is 5.75. The molecular weight excluding hydrogens is 282 g/mol. The van der Waals surface area contributed by atoms with Crippen molar-refractivity contribution < 1.29 is 13.6 Å². The number of hydrogen-bond acceptors (Lipinski definition) is 2. The van der Waals surface area contributed by atoms with Crippen LogP contribution >= 0.6 is 12.2 Å². The first-order valence-corrected chi connectivity index (χ1v) is 6.05. The predicted molar refractivity (Wildman–Crippen MR) is 76.6 cm³/mol. The van der Waals surface area contributed by atoms with Crippen LogP contribution in [0, 0.1) is 11.6 Å². The average molecular weight is 292 g/mol. The third kappa shape index (κ3) is 2.80. The Hall–Kier alpha value is -2.34. The lowest BCUT2D eigenvalue weighted by Gasteiger charge is -2.10. The van der Waals surface area contributed by atoms with E-state index < -0.39 is 23.1 Å². The van der Waals surface area contributed by atoms with Crippen molar-refractivity contribution in [2.45, 2.75) is 0 Å². The van der Waals surface area contributed by atoms with Crippen molar-refractivity contribution in [1.82, 2.24) is 0 Å². The van der Waals surface area contributed by atoms with Crippen molar-refractivity contribution in [3.05, 3.63) is 65.2 Å². The first kappa shape index (κ1) is 14.1. The van der Waals surface area contributed by atoms with Gasteiger partial charge >= 0.3 is 0 Å². The SMILES string of the molecule is NC(=S)c1ccccc1NC(=O)c1c(F)cccc1F. The van der Waals surface area contributed by atoms with Gasteiger partial charge in [-0.3, -0.25) is 4.79 Å². The van der Waals surface area contributed by atoms with E-state index >= 15 is 0 Å². The number of benzene rings is 2. The van der Waals surface area contributed by atoms with Gasteiger partial charge in [-0.2, -0.15) is 0 Å². The highest BCUT2D eigenvalue weighted by molar-refractivity contribution is 7.80. The van der Waals surface area contributed by atoms with E-state index in [0.29, 0.717) is 11.3 Å². The Kier molecular flexibility index (Phi) is 4.05. The van der Waals surface area contributed by atoms with Gasteiger partial charge in [-0.05, 0) is 24.3 Å². The maximum Gasteiger partial charge on any atom is 0.261 e. The van der Waals surface area contributed by atoms with E-state index in [2.05, 4.69) is 5.32 Å². The Morgan fingerprint density at radius 2 is 1.65 bits per heavy atom. The van der Waals surface area contributed by atoms with Crippen LogP contribution in [0.25, 0.3) is 0 Å².